The number of methoxy groups -OCH3 is 1. The third kappa shape index (κ3) is 4.43. The molecule has 0 unspecified atom stereocenters. The highest BCUT2D eigenvalue weighted by Crippen LogP contribution is 2.28. The number of benzene rings is 1. The van der Waals surface area contributed by atoms with Gasteiger partial charge in [0.15, 0.2) is 0 Å². The number of esters is 1. The first kappa shape index (κ1) is 15.3. The van der Waals surface area contributed by atoms with Crippen LogP contribution in [0.15, 0.2) is 24.3 Å². The number of carbonyl (C=O) groups is 1. The molecule has 0 aliphatic rings. The Labute approximate surface area is 115 Å². The van der Waals surface area contributed by atoms with E-state index in [9.17, 15) is 4.79 Å². The zero-order valence-corrected chi connectivity index (χ0v) is 12.3. The van der Waals surface area contributed by atoms with Gasteiger partial charge in [-0.1, -0.05) is 26.8 Å². The molecule has 0 spiro atoms. The van der Waals surface area contributed by atoms with Crippen LogP contribution in [0, 0.1) is 0 Å². The third-order valence-electron chi connectivity index (χ3n) is 2.78. The van der Waals surface area contributed by atoms with E-state index in [1.165, 1.54) is 11.6 Å². The van der Waals surface area contributed by atoms with Gasteiger partial charge in [-0.15, -0.1) is 0 Å². The lowest BCUT2D eigenvalue weighted by molar-refractivity contribution is -0.137. The summed E-state index contributed by atoms with van der Waals surface area (Å²) < 4.78 is 10.2. The molecule has 1 aromatic carbocycles. The smallest absolute Gasteiger partial charge is 0.330 e. The molecule has 0 fully saturated rings. The second-order valence-corrected chi connectivity index (χ2v) is 5.29. The van der Waals surface area contributed by atoms with Gasteiger partial charge in [-0.25, -0.2) is 4.79 Å². The van der Waals surface area contributed by atoms with Gasteiger partial charge in [0.2, 0.25) is 0 Å². The van der Waals surface area contributed by atoms with Crippen molar-refractivity contribution >= 4 is 12.0 Å². The summed E-state index contributed by atoms with van der Waals surface area (Å²) in [4.78, 5) is 11.3. The Morgan fingerprint density at radius 3 is 2.53 bits per heavy atom. The van der Waals surface area contributed by atoms with E-state index >= 15 is 0 Å². The highest BCUT2D eigenvalue weighted by molar-refractivity contribution is 5.87. The molecular weight excluding hydrogens is 240 g/mol. The molecule has 0 amide bonds. The fourth-order valence-electron chi connectivity index (χ4n) is 1.68. The molecular formula is C16H22O3. The van der Waals surface area contributed by atoms with Crippen molar-refractivity contribution in [3.8, 4) is 5.75 Å². The van der Waals surface area contributed by atoms with E-state index < -0.39 is 0 Å². The lowest BCUT2D eigenvalue weighted by Gasteiger charge is -2.20. The summed E-state index contributed by atoms with van der Waals surface area (Å²) in [5.41, 5.74) is 2.12. The summed E-state index contributed by atoms with van der Waals surface area (Å²) >= 11 is 0. The van der Waals surface area contributed by atoms with Gasteiger partial charge in [0.05, 0.1) is 13.7 Å². The summed E-state index contributed by atoms with van der Waals surface area (Å²) in [6, 6.07) is 6.00. The topological polar surface area (TPSA) is 35.5 Å². The van der Waals surface area contributed by atoms with E-state index in [1.54, 1.807) is 20.1 Å². The van der Waals surface area contributed by atoms with E-state index in [4.69, 9.17) is 9.47 Å². The van der Waals surface area contributed by atoms with Crippen LogP contribution >= 0.6 is 0 Å². The van der Waals surface area contributed by atoms with Crippen LogP contribution in [0.5, 0.6) is 5.75 Å². The molecule has 0 saturated carbocycles. The summed E-state index contributed by atoms with van der Waals surface area (Å²) in [5, 5.41) is 0. The first-order valence-electron chi connectivity index (χ1n) is 6.42. The summed E-state index contributed by atoms with van der Waals surface area (Å²) in [5.74, 6) is 0.402. The molecule has 0 saturated heterocycles. The van der Waals surface area contributed by atoms with Crippen LogP contribution in [-0.2, 0) is 14.9 Å². The predicted molar refractivity (Wildman–Crippen MR) is 77.4 cm³/mol. The number of hydrogen-bond acceptors (Lipinski definition) is 3. The number of carbonyl (C=O) groups excluding carboxylic acids is 1. The Morgan fingerprint density at radius 1 is 1.32 bits per heavy atom. The molecule has 19 heavy (non-hydrogen) atoms. The largest absolute Gasteiger partial charge is 0.496 e. The van der Waals surface area contributed by atoms with Gasteiger partial charge in [-0.2, -0.15) is 0 Å². The Kier molecular flexibility index (Phi) is 5.16. The molecule has 3 heteroatoms. The molecule has 0 atom stereocenters. The lowest BCUT2D eigenvalue weighted by atomic mass is 9.86. The SMILES string of the molecule is CCOC(=O)/C=C/c1cc(C(C)(C)C)ccc1OC. The maximum atomic E-state index is 11.3. The van der Waals surface area contributed by atoms with Gasteiger partial charge in [-0.3, -0.25) is 0 Å². The molecule has 1 aromatic rings. The second kappa shape index (κ2) is 6.41. The van der Waals surface area contributed by atoms with Crippen LogP contribution in [0.3, 0.4) is 0 Å². The summed E-state index contributed by atoms with van der Waals surface area (Å²) in [6.07, 6.45) is 3.15. The molecule has 0 radical (unpaired) electrons. The molecule has 3 nitrogen and oxygen atoms in total. The molecule has 1 rings (SSSR count). The van der Waals surface area contributed by atoms with Crippen LogP contribution in [-0.4, -0.2) is 19.7 Å². The minimum atomic E-state index is -0.342. The van der Waals surface area contributed by atoms with E-state index in [0.717, 1.165) is 11.3 Å². The van der Waals surface area contributed by atoms with Crippen molar-refractivity contribution in [2.24, 2.45) is 0 Å². The normalized spacial score (nSPS) is 11.6. The van der Waals surface area contributed by atoms with Crippen molar-refractivity contribution < 1.29 is 14.3 Å². The molecule has 0 aromatic heterocycles. The molecule has 104 valence electrons. The minimum Gasteiger partial charge on any atom is -0.496 e. The van der Waals surface area contributed by atoms with Crippen LogP contribution in [0.2, 0.25) is 0 Å². The Balaban J connectivity index is 3.06. The molecule has 0 heterocycles. The summed E-state index contributed by atoms with van der Waals surface area (Å²) in [6.45, 7) is 8.60. The van der Waals surface area contributed by atoms with Crippen molar-refractivity contribution in [2.45, 2.75) is 33.1 Å². The van der Waals surface area contributed by atoms with E-state index in [-0.39, 0.29) is 11.4 Å². The van der Waals surface area contributed by atoms with Gasteiger partial charge < -0.3 is 9.47 Å². The summed E-state index contributed by atoms with van der Waals surface area (Å²) in [7, 11) is 1.62. The Morgan fingerprint density at radius 2 is 2.00 bits per heavy atom. The maximum absolute atomic E-state index is 11.3. The maximum Gasteiger partial charge on any atom is 0.330 e. The van der Waals surface area contributed by atoms with Crippen molar-refractivity contribution in [1.29, 1.82) is 0 Å². The van der Waals surface area contributed by atoms with Gasteiger partial charge in [0.1, 0.15) is 5.75 Å². The minimum absolute atomic E-state index is 0.0544. The highest BCUT2D eigenvalue weighted by atomic mass is 16.5. The first-order chi connectivity index (χ1) is 8.88. The molecule has 0 bridgehead atoms. The highest BCUT2D eigenvalue weighted by Gasteiger charge is 2.15. The first-order valence-corrected chi connectivity index (χ1v) is 6.42. The molecule has 0 aliphatic heterocycles. The van der Waals surface area contributed by atoms with Crippen LogP contribution in [0.1, 0.15) is 38.8 Å². The van der Waals surface area contributed by atoms with Crippen LogP contribution < -0.4 is 4.74 Å². The fraction of sp³-hybridized carbons (Fsp3) is 0.438. The molecule has 0 aliphatic carbocycles. The van der Waals surface area contributed by atoms with E-state index in [2.05, 4.69) is 20.8 Å². The third-order valence-corrected chi connectivity index (χ3v) is 2.78. The second-order valence-electron chi connectivity index (χ2n) is 5.29. The van der Waals surface area contributed by atoms with Gasteiger partial charge >= 0.3 is 5.97 Å². The monoisotopic (exact) mass is 262 g/mol. The van der Waals surface area contributed by atoms with Crippen LogP contribution in [0.25, 0.3) is 6.08 Å². The quantitative estimate of drug-likeness (QED) is 0.614. The fourth-order valence-corrected chi connectivity index (χ4v) is 1.68. The van der Waals surface area contributed by atoms with Crippen molar-refractivity contribution in [3.63, 3.8) is 0 Å². The average molecular weight is 262 g/mol. The van der Waals surface area contributed by atoms with Gasteiger partial charge in [0.25, 0.3) is 0 Å². The number of hydrogen-bond donors (Lipinski definition) is 0. The van der Waals surface area contributed by atoms with Crippen molar-refractivity contribution in [1.82, 2.24) is 0 Å². The van der Waals surface area contributed by atoms with Crippen molar-refractivity contribution in [3.05, 3.63) is 35.4 Å². The number of ether oxygens (including phenoxy) is 2. The van der Waals surface area contributed by atoms with Crippen molar-refractivity contribution in [2.75, 3.05) is 13.7 Å². The Bertz CT molecular complexity index is 467. The molecule has 0 N–H and O–H groups in total. The van der Waals surface area contributed by atoms with E-state index in [1.807, 2.05) is 18.2 Å². The number of rotatable bonds is 4. The van der Waals surface area contributed by atoms with Gasteiger partial charge in [-0.05, 0) is 36.1 Å². The average Bonchev–Trinajstić information content (AvgIpc) is 2.35. The standard InChI is InChI=1S/C16H22O3/c1-6-19-15(17)10-7-12-11-13(16(2,3)4)8-9-14(12)18-5/h7-11H,6H2,1-5H3/b10-7+. The van der Waals surface area contributed by atoms with Crippen LogP contribution in [0.4, 0.5) is 0 Å². The van der Waals surface area contributed by atoms with E-state index in [0.29, 0.717) is 6.61 Å². The van der Waals surface area contributed by atoms with Gasteiger partial charge in [0, 0.05) is 11.6 Å². The Hall–Kier alpha value is -1.77. The lowest BCUT2D eigenvalue weighted by Crippen LogP contribution is -2.11. The zero-order valence-electron chi connectivity index (χ0n) is 12.3. The predicted octanol–water partition coefficient (Wildman–Crippen LogP) is 3.57. The zero-order chi connectivity index (χ0) is 14.5.